The van der Waals surface area contributed by atoms with E-state index in [9.17, 15) is 23.5 Å². The third kappa shape index (κ3) is 4.73. The fourth-order valence-corrected chi connectivity index (χ4v) is 3.10. The first-order valence-corrected chi connectivity index (χ1v) is 7.59. The van der Waals surface area contributed by atoms with E-state index in [0.29, 0.717) is 10.5 Å². The van der Waals surface area contributed by atoms with Crippen molar-refractivity contribution in [3.05, 3.63) is 34.7 Å². The summed E-state index contributed by atoms with van der Waals surface area (Å²) in [6.45, 7) is -2.95. The van der Waals surface area contributed by atoms with Crippen molar-refractivity contribution in [3.63, 3.8) is 0 Å². The second-order valence-electron chi connectivity index (χ2n) is 4.40. The standard InChI is InChI=1S/C14H11F2NO4S2/c15-13(16)21-9-3-1-8(2-4-9)7-10-12(20)17(14(22)23-10)6-5-11(18)19/h1-4,7,13H,5-6H2,(H,18,19)/p-1/b10-7-. The Kier molecular flexibility index (Phi) is 5.67. The van der Waals surface area contributed by atoms with Crippen LogP contribution in [0.4, 0.5) is 8.78 Å². The van der Waals surface area contributed by atoms with E-state index in [1.165, 1.54) is 29.2 Å². The Balaban J connectivity index is 2.09. The maximum absolute atomic E-state index is 12.2. The Bertz CT molecular complexity index is 661. The Hall–Kier alpha value is -2.00. The van der Waals surface area contributed by atoms with Gasteiger partial charge in [-0.25, -0.2) is 0 Å². The fourth-order valence-electron chi connectivity index (χ4n) is 1.79. The highest BCUT2D eigenvalue weighted by Gasteiger charge is 2.31. The second kappa shape index (κ2) is 7.51. The van der Waals surface area contributed by atoms with Crippen molar-refractivity contribution < 1.29 is 28.2 Å². The molecule has 1 aliphatic rings. The van der Waals surface area contributed by atoms with Crippen LogP contribution in [0, 0.1) is 0 Å². The number of alkyl halides is 2. The molecule has 0 saturated carbocycles. The largest absolute Gasteiger partial charge is 0.550 e. The molecule has 1 aromatic rings. The van der Waals surface area contributed by atoms with Crippen molar-refractivity contribution >= 4 is 46.3 Å². The van der Waals surface area contributed by atoms with Crippen molar-refractivity contribution in [2.24, 2.45) is 0 Å². The van der Waals surface area contributed by atoms with Crippen LogP contribution in [-0.4, -0.2) is 34.3 Å². The number of aliphatic carboxylic acids is 1. The second-order valence-corrected chi connectivity index (χ2v) is 6.08. The van der Waals surface area contributed by atoms with Crippen LogP contribution in [0.3, 0.4) is 0 Å². The zero-order valence-electron chi connectivity index (χ0n) is 11.5. The molecule has 1 saturated heterocycles. The minimum Gasteiger partial charge on any atom is -0.550 e. The molecule has 0 spiro atoms. The number of hydrogen-bond donors (Lipinski definition) is 0. The van der Waals surface area contributed by atoms with E-state index in [4.69, 9.17) is 12.2 Å². The quantitative estimate of drug-likeness (QED) is 0.569. The van der Waals surface area contributed by atoms with Gasteiger partial charge in [0.2, 0.25) is 0 Å². The van der Waals surface area contributed by atoms with Crippen LogP contribution < -0.4 is 9.84 Å². The number of halogens is 2. The van der Waals surface area contributed by atoms with Gasteiger partial charge in [0.05, 0.1) is 4.91 Å². The van der Waals surface area contributed by atoms with Gasteiger partial charge in [0, 0.05) is 18.9 Å². The molecular weight excluding hydrogens is 348 g/mol. The summed E-state index contributed by atoms with van der Waals surface area (Å²) in [6, 6.07) is 5.75. The van der Waals surface area contributed by atoms with Crippen molar-refractivity contribution in [2.45, 2.75) is 13.0 Å². The number of carbonyl (C=O) groups excluding carboxylic acids is 2. The molecule has 122 valence electrons. The van der Waals surface area contributed by atoms with Gasteiger partial charge in [0.15, 0.2) is 0 Å². The molecule has 23 heavy (non-hydrogen) atoms. The molecule has 0 bridgehead atoms. The van der Waals surface area contributed by atoms with E-state index in [1.54, 1.807) is 6.08 Å². The Morgan fingerprint density at radius 3 is 2.61 bits per heavy atom. The molecule has 9 heteroatoms. The summed E-state index contributed by atoms with van der Waals surface area (Å²) in [6.07, 6.45) is 1.24. The SMILES string of the molecule is O=C([O-])CCN1C(=O)/C(=C/c2ccc(OC(F)F)cc2)SC1=S. The number of amides is 1. The maximum atomic E-state index is 12.2. The molecule has 0 atom stereocenters. The summed E-state index contributed by atoms with van der Waals surface area (Å²) in [5.41, 5.74) is 0.604. The highest BCUT2D eigenvalue weighted by atomic mass is 32.2. The van der Waals surface area contributed by atoms with E-state index in [1.807, 2.05) is 0 Å². The lowest BCUT2D eigenvalue weighted by atomic mass is 10.2. The Morgan fingerprint density at radius 1 is 1.39 bits per heavy atom. The van der Waals surface area contributed by atoms with Gasteiger partial charge in [-0.1, -0.05) is 36.1 Å². The number of thioether (sulfide) groups is 1. The highest BCUT2D eigenvalue weighted by molar-refractivity contribution is 8.26. The Morgan fingerprint density at radius 2 is 2.04 bits per heavy atom. The maximum Gasteiger partial charge on any atom is 0.387 e. The lowest BCUT2D eigenvalue weighted by Gasteiger charge is -2.14. The number of carboxylic acids is 1. The van der Waals surface area contributed by atoms with Gasteiger partial charge in [-0.2, -0.15) is 8.78 Å². The van der Waals surface area contributed by atoms with Crippen molar-refractivity contribution in [1.29, 1.82) is 0 Å². The van der Waals surface area contributed by atoms with Gasteiger partial charge in [0.1, 0.15) is 10.1 Å². The smallest absolute Gasteiger partial charge is 0.387 e. The van der Waals surface area contributed by atoms with Gasteiger partial charge >= 0.3 is 6.61 Å². The first-order valence-electron chi connectivity index (χ1n) is 6.37. The Labute approximate surface area is 139 Å². The number of carboxylic acid groups (broad SMARTS) is 1. The molecule has 1 aliphatic heterocycles. The lowest BCUT2D eigenvalue weighted by molar-refractivity contribution is -0.305. The van der Waals surface area contributed by atoms with Gasteiger partial charge in [-0.15, -0.1) is 0 Å². The third-order valence-corrected chi connectivity index (χ3v) is 4.19. The van der Waals surface area contributed by atoms with Crippen LogP contribution in [0.1, 0.15) is 12.0 Å². The monoisotopic (exact) mass is 358 g/mol. The molecule has 0 radical (unpaired) electrons. The van der Waals surface area contributed by atoms with Crippen LogP contribution in [0.25, 0.3) is 6.08 Å². The van der Waals surface area contributed by atoms with Crippen LogP contribution >= 0.6 is 24.0 Å². The van der Waals surface area contributed by atoms with Gasteiger partial charge in [-0.05, 0) is 23.8 Å². The number of rotatable bonds is 6. The van der Waals surface area contributed by atoms with Crippen LogP contribution in [-0.2, 0) is 9.59 Å². The molecule has 1 heterocycles. The van der Waals surface area contributed by atoms with E-state index < -0.39 is 18.5 Å². The average Bonchev–Trinajstić information content (AvgIpc) is 2.73. The highest BCUT2D eigenvalue weighted by Crippen LogP contribution is 2.32. The van der Waals surface area contributed by atoms with Crippen molar-refractivity contribution in [2.75, 3.05) is 6.54 Å². The minimum atomic E-state index is -2.90. The molecule has 0 aromatic heterocycles. The summed E-state index contributed by atoms with van der Waals surface area (Å²) in [7, 11) is 0. The molecular formula is C14H10F2NO4S2-. The topological polar surface area (TPSA) is 69.7 Å². The van der Waals surface area contributed by atoms with Crippen LogP contribution in [0.15, 0.2) is 29.2 Å². The number of benzene rings is 1. The van der Waals surface area contributed by atoms with E-state index >= 15 is 0 Å². The summed E-state index contributed by atoms with van der Waals surface area (Å²) in [5.74, 6) is -1.65. The number of nitrogens with zero attached hydrogens (tertiary/aromatic N) is 1. The number of hydrogen-bond acceptors (Lipinski definition) is 6. The molecule has 1 fully saturated rings. The molecule has 1 amide bonds. The first kappa shape index (κ1) is 17.4. The zero-order chi connectivity index (χ0) is 17.0. The third-order valence-electron chi connectivity index (χ3n) is 2.82. The molecule has 0 N–H and O–H groups in total. The van der Waals surface area contributed by atoms with Crippen molar-refractivity contribution in [1.82, 2.24) is 4.90 Å². The van der Waals surface area contributed by atoms with Gasteiger partial charge in [0.25, 0.3) is 5.91 Å². The molecule has 5 nitrogen and oxygen atoms in total. The van der Waals surface area contributed by atoms with Crippen molar-refractivity contribution in [3.8, 4) is 5.75 Å². The van der Waals surface area contributed by atoms with E-state index in [2.05, 4.69) is 4.74 Å². The van der Waals surface area contributed by atoms with Gasteiger partial charge in [-0.3, -0.25) is 9.69 Å². The molecule has 1 aromatic carbocycles. The predicted molar refractivity (Wildman–Crippen MR) is 82.6 cm³/mol. The normalized spacial score (nSPS) is 16.5. The lowest BCUT2D eigenvalue weighted by Crippen LogP contribution is -2.33. The summed E-state index contributed by atoms with van der Waals surface area (Å²) >= 11 is 6.09. The number of carbonyl (C=O) groups is 2. The summed E-state index contributed by atoms with van der Waals surface area (Å²) in [4.78, 5) is 24.1. The summed E-state index contributed by atoms with van der Waals surface area (Å²) < 4.78 is 28.6. The predicted octanol–water partition coefficient (Wildman–Crippen LogP) is 1.63. The van der Waals surface area contributed by atoms with E-state index in [-0.39, 0.29) is 23.0 Å². The molecule has 2 rings (SSSR count). The van der Waals surface area contributed by atoms with Gasteiger partial charge < -0.3 is 14.6 Å². The average molecular weight is 358 g/mol. The number of thiocarbonyl (C=S) groups is 1. The van der Waals surface area contributed by atoms with Crippen LogP contribution in [0.2, 0.25) is 0 Å². The fraction of sp³-hybridized carbons (Fsp3) is 0.214. The number of ether oxygens (including phenoxy) is 1. The summed E-state index contributed by atoms with van der Waals surface area (Å²) in [5, 5.41) is 10.5. The minimum absolute atomic E-state index is 0.0126. The zero-order valence-corrected chi connectivity index (χ0v) is 13.2. The molecule has 0 aliphatic carbocycles. The molecule has 0 unspecified atom stereocenters. The van der Waals surface area contributed by atoms with Crippen LogP contribution in [0.5, 0.6) is 5.75 Å². The first-order chi connectivity index (χ1) is 10.9. The van der Waals surface area contributed by atoms with E-state index in [0.717, 1.165) is 11.8 Å².